The molecular weight excluding hydrogens is 338 g/mol. The molecule has 0 unspecified atom stereocenters. The van der Waals surface area contributed by atoms with Crippen LogP contribution in [0.1, 0.15) is 16.7 Å². The predicted molar refractivity (Wildman–Crippen MR) is 121 cm³/mol. The lowest BCUT2D eigenvalue weighted by Crippen LogP contribution is -2.33. The highest BCUT2D eigenvalue weighted by Gasteiger charge is 2.38. The van der Waals surface area contributed by atoms with Crippen LogP contribution in [0, 0.1) is 20.8 Å². The molecule has 0 amide bonds. The lowest BCUT2D eigenvalue weighted by atomic mass is 10.0. The zero-order valence-corrected chi connectivity index (χ0v) is 16.8. The van der Waals surface area contributed by atoms with Crippen molar-refractivity contribution in [2.24, 2.45) is 0 Å². The summed E-state index contributed by atoms with van der Waals surface area (Å²) in [7, 11) is 0. The summed E-state index contributed by atoms with van der Waals surface area (Å²) in [5, 5.41) is 0. The van der Waals surface area contributed by atoms with Crippen molar-refractivity contribution in [3.63, 3.8) is 0 Å². The van der Waals surface area contributed by atoms with Gasteiger partial charge in [-0.2, -0.15) is 4.48 Å². The lowest BCUT2D eigenvalue weighted by Gasteiger charge is -2.37. The minimum atomic E-state index is 0.557. The minimum absolute atomic E-state index is 0.557. The summed E-state index contributed by atoms with van der Waals surface area (Å²) in [5.74, 6) is 0. The molecule has 1 nitrogen and oxygen atoms in total. The summed E-state index contributed by atoms with van der Waals surface area (Å²) in [6.45, 7) is 6.41. The molecule has 0 bridgehead atoms. The van der Waals surface area contributed by atoms with E-state index < -0.39 is 0 Å². The maximum absolute atomic E-state index is 2.25. The van der Waals surface area contributed by atoms with Crippen molar-refractivity contribution in [3.8, 4) is 0 Å². The molecule has 4 aromatic carbocycles. The molecule has 0 aliphatic carbocycles. The number of hydrogen-bond acceptors (Lipinski definition) is 0. The van der Waals surface area contributed by atoms with Crippen molar-refractivity contribution in [1.82, 2.24) is 4.48 Å². The number of aryl methyl sites for hydroxylation is 3. The third-order valence-electron chi connectivity index (χ3n) is 5.41. The van der Waals surface area contributed by atoms with E-state index in [0.717, 1.165) is 0 Å². The molecule has 0 fully saturated rings. The van der Waals surface area contributed by atoms with Crippen molar-refractivity contribution >= 4 is 22.7 Å². The third kappa shape index (κ3) is 3.15. The van der Waals surface area contributed by atoms with E-state index in [0.29, 0.717) is 4.48 Å². The van der Waals surface area contributed by atoms with Gasteiger partial charge in [-0.3, -0.25) is 0 Å². The van der Waals surface area contributed by atoms with E-state index in [9.17, 15) is 0 Å². The average Bonchev–Trinajstić information content (AvgIpc) is 2.73. The van der Waals surface area contributed by atoms with Gasteiger partial charge in [0.2, 0.25) is 0 Å². The van der Waals surface area contributed by atoms with E-state index in [-0.39, 0.29) is 0 Å². The monoisotopic (exact) mass is 364 g/mol. The molecule has 0 spiro atoms. The van der Waals surface area contributed by atoms with Crippen LogP contribution in [-0.2, 0) is 0 Å². The Balaban J connectivity index is 2.11. The van der Waals surface area contributed by atoms with Crippen LogP contribution in [0.15, 0.2) is 103 Å². The first-order valence-electron chi connectivity index (χ1n) is 9.77. The SMILES string of the molecule is Cc1ccc([N+](c2ccccc2)(c2ccc(C)cc2)c2ccc(C)cc2)cc1. The molecule has 0 aromatic heterocycles. The van der Waals surface area contributed by atoms with E-state index in [2.05, 4.69) is 124 Å². The molecule has 138 valence electrons. The second-order valence-electron chi connectivity index (χ2n) is 7.51. The molecule has 4 aromatic rings. The van der Waals surface area contributed by atoms with Gasteiger partial charge in [0, 0.05) is 48.5 Å². The van der Waals surface area contributed by atoms with Crippen LogP contribution in [0.25, 0.3) is 0 Å². The molecule has 28 heavy (non-hydrogen) atoms. The van der Waals surface area contributed by atoms with Gasteiger partial charge in [0.1, 0.15) is 22.7 Å². The highest BCUT2D eigenvalue weighted by Crippen LogP contribution is 2.51. The topological polar surface area (TPSA) is 0 Å². The predicted octanol–water partition coefficient (Wildman–Crippen LogP) is 7.91. The fourth-order valence-electron chi connectivity index (χ4n) is 3.85. The summed E-state index contributed by atoms with van der Waals surface area (Å²) in [4.78, 5) is 0. The van der Waals surface area contributed by atoms with E-state index in [1.165, 1.54) is 39.4 Å². The van der Waals surface area contributed by atoms with Crippen LogP contribution in [0.3, 0.4) is 0 Å². The van der Waals surface area contributed by atoms with Gasteiger partial charge in [-0.15, -0.1) is 0 Å². The Kier molecular flexibility index (Phi) is 4.85. The van der Waals surface area contributed by atoms with Crippen molar-refractivity contribution in [3.05, 3.63) is 120 Å². The molecule has 0 saturated carbocycles. The minimum Gasteiger partial charge on any atom is -0.194 e. The lowest BCUT2D eigenvalue weighted by molar-refractivity contribution is 0.703. The van der Waals surface area contributed by atoms with Crippen LogP contribution in [-0.4, -0.2) is 0 Å². The quantitative estimate of drug-likeness (QED) is 0.323. The summed E-state index contributed by atoms with van der Waals surface area (Å²) >= 11 is 0. The van der Waals surface area contributed by atoms with Gasteiger partial charge < -0.3 is 0 Å². The van der Waals surface area contributed by atoms with Crippen LogP contribution >= 0.6 is 0 Å². The molecule has 0 atom stereocenters. The van der Waals surface area contributed by atoms with Crippen LogP contribution < -0.4 is 4.48 Å². The molecule has 0 radical (unpaired) electrons. The van der Waals surface area contributed by atoms with Gasteiger partial charge in [-0.25, -0.2) is 0 Å². The largest absolute Gasteiger partial charge is 0.194 e. The highest BCUT2D eigenvalue weighted by molar-refractivity contribution is 5.81. The van der Waals surface area contributed by atoms with Gasteiger partial charge in [-0.05, 0) is 20.8 Å². The maximum Gasteiger partial charge on any atom is 0.148 e. The van der Waals surface area contributed by atoms with Crippen molar-refractivity contribution < 1.29 is 0 Å². The Labute approximate surface area is 168 Å². The van der Waals surface area contributed by atoms with Crippen LogP contribution in [0.5, 0.6) is 0 Å². The van der Waals surface area contributed by atoms with E-state index >= 15 is 0 Å². The first-order valence-corrected chi connectivity index (χ1v) is 9.77. The van der Waals surface area contributed by atoms with Crippen molar-refractivity contribution in [1.29, 1.82) is 0 Å². The molecule has 0 heterocycles. The molecule has 0 aliphatic heterocycles. The summed E-state index contributed by atoms with van der Waals surface area (Å²) in [5.41, 5.74) is 8.70. The number of nitrogens with zero attached hydrogens (tertiary/aromatic N) is 1. The van der Waals surface area contributed by atoms with Gasteiger partial charge >= 0.3 is 0 Å². The smallest absolute Gasteiger partial charge is 0.148 e. The number of para-hydroxylation sites is 1. The van der Waals surface area contributed by atoms with Gasteiger partial charge in [0.05, 0.1) is 0 Å². The fraction of sp³-hybridized carbons (Fsp3) is 0.111. The van der Waals surface area contributed by atoms with E-state index in [4.69, 9.17) is 0 Å². The highest BCUT2D eigenvalue weighted by atomic mass is 15.4. The second-order valence-corrected chi connectivity index (χ2v) is 7.51. The molecular formula is C27H26N+. The molecule has 1 heteroatoms. The number of benzene rings is 4. The first kappa shape index (κ1) is 18.2. The van der Waals surface area contributed by atoms with Crippen molar-refractivity contribution in [2.75, 3.05) is 0 Å². The Morgan fingerprint density at radius 3 is 0.964 bits per heavy atom. The Morgan fingerprint density at radius 1 is 0.357 bits per heavy atom. The Morgan fingerprint density at radius 2 is 0.643 bits per heavy atom. The van der Waals surface area contributed by atoms with Crippen LogP contribution in [0.2, 0.25) is 0 Å². The van der Waals surface area contributed by atoms with Crippen molar-refractivity contribution in [2.45, 2.75) is 20.8 Å². The van der Waals surface area contributed by atoms with Gasteiger partial charge in [0.15, 0.2) is 0 Å². The maximum atomic E-state index is 2.25. The Bertz CT molecular complexity index is 933. The second kappa shape index (κ2) is 7.46. The fourth-order valence-corrected chi connectivity index (χ4v) is 3.85. The molecule has 4 rings (SSSR count). The number of rotatable bonds is 4. The van der Waals surface area contributed by atoms with E-state index in [1.54, 1.807) is 0 Å². The molecule has 0 saturated heterocycles. The number of hydrogen-bond donors (Lipinski definition) is 0. The summed E-state index contributed by atoms with van der Waals surface area (Å²) < 4.78 is 0.557. The average molecular weight is 365 g/mol. The van der Waals surface area contributed by atoms with Crippen LogP contribution in [0.4, 0.5) is 22.7 Å². The summed E-state index contributed by atoms with van der Waals surface area (Å²) in [6.07, 6.45) is 0. The van der Waals surface area contributed by atoms with E-state index in [1.807, 2.05) is 0 Å². The number of quaternary nitrogens is 1. The Hall–Kier alpha value is -3.16. The van der Waals surface area contributed by atoms with Gasteiger partial charge in [0.25, 0.3) is 0 Å². The molecule has 0 N–H and O–H groups in total. The zero-order valence-electron chi connectivity index (χ0n) is 16.8. The standard InChI is InChI=1S/C27H26N/c1-21-9-15-25(16-10-21)28(24-7-5-4-6-8-24,26-17-11-22(2)12-18-26)27-19-13-23(3)14-20-27/h4-20H,1-3H3/q+1. The summed E-state index contributed by atoms with van der Waals surface area (Å²) in [6, 6.07) is 37.5. The zero-order chi connectivity index (χ0) is 19.6. The first-order chi connectivity index (χ1) is 13.6. The normalized spacial score (nSPS) is 11.4. The molecule has 0 aliphatic rings. The van der Waals surface area contributed by atoms with Gasteiger partial charge in [-0.1, -0.05) is 71.3 Å². The third-order valence-corrected chi connectivity index (χ3v) is 5.41.